The molecule has 0 radical (unpaired) electrons. The van der Waals surface area contributed by atoms with Gasteiger partial charge in [-0.25, -0.2) is 24.5 Å². The minimum absolute atomic E-state index is 0.0147. The molecule has 0 bridgehead atoms. The van der Waals surface area contributed by atoms with Crippen molar-refractivity contribution in [1.29, 1.82) is 0 Å². The highest BCUT2D eigenvalue weighted by atomic mass is 16.5. The van der Waals surface area contributed by atoms with Gasteiger partial charge in [-0.15, -0.1) is 0 Å². The van der Waals surface area contributed by atoms with Gasteiger partial charge in [-0.05, 0) is 12.0 Å². The Morgan fingerprint density at radius 2 is 1.67 bits per heavy atom. The summed E-state index contributed by atoms with van der Waals surface area (Å²) >= 11 is 0. The molecule has 0 fully saturated rings. The Balaban J connectivity index is 1.44. The van der Waals surface area contributed by atoms with E-state index in [-0.39, 0.29) is 29.8 Å². The first-order valence-corrected chi connectivity index (χ1v) is 11.5. The van der Waals surface area contributed by atoms with Crippen molar-refractivity contribution in [3.8, 4) is 23.2 Å². The molecule has 11 heteroatoms. The molecule has 0 aliphatic rings. The maximum atomic E-state index is 12.5. The molecule has 1 atom stereocenters. The van der Waals surface area contributed by atoms with Crippen LogP contribution in [-0.2, 0) is 16.1 Å². The van der Waals surface area contributed by atoms with Crippen molar-refractivity contribution in [3.05, 3.63) is 66.3 Å². The van der Waals surface area contributed by atoms with Gasteiger partial charge in [0.2, 0.25) is 17.7 Å². The number of aromatic nitrogens is 3. The second kappa shape index (κ2) is 11.8. The molecule has 1 unspecified atom stereocenters. The number of carbonyl (C=O) groups excluding carboxylic acids is 2. The van der Waals surface area contributed by atoms with Crippen LogP contribution in [0, 0.1) is 0 Å². The molecule has 0 spiro atoms. The summed E-state index contributed by atoms with van der Waals surface area (Å²) in [6.45, 7) is 2.25. The number of carbonyl (C=O) groups is 2. The number of alkyl carbamates (subject to hydrolysis) is 1. The number of hydrogen-bond acceptors (Lipinski definition) is 10. The molecule has 1 N–H and O–H groups in total. The van der Waals surface area contributed by atoms with Gasteiger partial charge >= 0.3 is 12.1 Å². The number of methoxy groups -OCH3 is 1. The van der Waals surface area contributed by atoms with Crippen LogP contribution >= 0.6 is 0 Å². The topological polar surface area (TPSA) is 143 Å². The van der Waals surface area contributed by atoms with E-state index >= 15 is 0 Å². The number of nitrogens with one attached hydrogen (secondary N) is 1. The van der Waals surface area contributed by atoms with Gasteiger partial charge in [0.05, 0.1) is 7.11 Å². The number of unbranched alkanes of at least 4 members (excludes halogenated alkanes) is 2. The van der Waals surface area contributed by atoms with E-state index in [1.54, 1.807) is 0 Å². The number of nitrogens with zero attached hydrogens (tertiary/aromatic N) is 3. The lowest BCUT2D eigenvalue weighted by Gasteiger charge is -2.15. The molecule has 0 saturated carbocycles. The number of oxazole rings is 3. The third-order valence-electron chi connectivity index (χ3n) is 5.26. The molecular formula is C25H26N4O7. The van der Waals surface area contributed by atoms with Crippen LogP contribution in [0.25, 0.3) is 23.2 Å². The molecule has 4 rings (SSSR count). The van der Waals surface area contributed by atoms with E-state index in [1.165, 1.54) is 25.9 Å². The zero-order valence-corrected chi connectivity index (χ0v) is 19.9. The van der Waals surface area contributed by atoms with E-state index in [1.807, 2.05) is 30.3 Å². The number of rotatable bonds is 11. The zero-order chi connectivity index (χ0) is 25.3. The van der Waals surface area contributed by atoms with E-state index in [9.17, 15) is 9.59 Å². The minimum Gasteiger partial charge on any atom is -0.464 e. The summed E-state index contributed by atoms with van der Waals surface area (Å²) < 4.78 is 26.4. The maximum Gasteiger partial charge on any atom is 0.408 e. The predicted molar refractivity (Wildman–Crippen MR) is 125 cm³/mol. The van der Waals surface area contributed by atoms with Crippen LogP contribution in [0.3, 0.4) is 0 Å². The van der Waals surface area contributed by atoms with Crippen LogP contribution in [0.5, 0.6) is 0 Å². The first kappa shape index (κ1) is 24.7. The Morgan fingerprint density at radius 1 is 0.944 bits per heavy atom. The zero-order valence-electron chi connectivity index (χ0n) is 19.9. The first-order valence-electron chi connectivity index (χ1n) is 11.5. The van der Waals surface area contributed by atoms with Crippen LogP contribution in [-0.4, -0.2) is 34.1 Å². The van der Waals surface area contributed by atoms with Crippen molar-refractivity contribution in [3.63, 3.8) is 0 Å². The molecule has 0 aliphatic heterocycles. The second-order valence-corrected chi connectivity index (χ2v) is 7.89. The second-order valence-electron chi connectivity index (χ2n) is 7.89. The summed E-state index contributed by atoms with van der Waals surface area (Å²) in [4.78, 5) is 36.9. The number of esters is 1. The average molecular weight is 495 g/mol. The maximum absolute atomic E-state index is 12.5. The SMILES string of the molecule is CCCCCC(NC(=O)OCc1ccccc1)c1nc(-c2nc(-c3nc(C(=O)OC)co3)co2)co1. The predicted octanol–water partition coefficient (Wildman–Crippen LogP) is 5.32. The average Bonchev–Trinajstić information content (AvgIpc) is 3.67. The Labute approximate surface area is 206 Å². The smallest absolute Gasteiger partial charge is 0.408 e. The van der Waals surface area contributed by atoms with Gasteiger partial charge in [-0.2, -0.15) is 0 Å². The molecule has 36 heavy (non-hydrogen) atoms. The summed E-state index contributed by atoms with van der Waals surface area (Å²) in [7, 11) is 1.25. The fraction of sp³-hybridized carbons (Fsp3) is 0.320. The van der Waals surface area contributed by atoms with Gasteiger partial charge in [-0.3, -0.25) is 0 Å². The summed E-state index contributed by atoms with van der Waals surface area (Å²) in [5.74, 6) is -0.0634. The molecule has 3 heterocycles. The fourth-order valence-corrected chi connectivity index (χ4v) is 3.39. The standard InChI is InChI=1S/C25H26N4O7/c1-3-4-6-11-17(29-25(31)36-12-16-9-7-5-8-10-16)21-26-18(13-33-21)22-27-19(14-34-22)23-28-20(15-35-23)24(30)32-2/h5,7-10,13-15,17H,3-4,6,11-12H2,1-2H3,(H,29,31). The largest absolute Gasteiger partial charge is 0.464 e. The number of amides is 1. The van der Waals surface area contributed by atoms with E-state index in [0.717, 1.165) is 24.8 Å². The lowest BCUT2D eigenvalue weighted by molar-refractivity contribution is 0.0594. The van der Waals surface area contributed by atoms with Crippen molar-refractivity contribution in [2.45, 2.75) is 45.3 Å². The number of benzene rings is 1. The van der Waals surface area contributed by atoms with Crippen molar-refractivity contribution in [2.24, 2.45) is 0 Å². The van der Waals surface area contributed by atoms with Crippen LogP contribution in [0.15, 0.2) is 62.4 Å². The third kappa shape index (κ3) is 6.17. The van der Waals surface area contributed by atoms with Gasteiger partial charge < -0.3 is 28.0 Å². The molecule has 3 aromatic heterocycles. The molecule has 1 aromatic carbocycles. The molecule has 1 amide bonds. The molecule has 11 nitrogen and oxygen atoms in total. The van der Waals surface area contributed by atoms with Crippen LogP contribution < -0.4 is 5.32 Å². The van der Waals surface area contributed by atoms with Gasteiger partial charge in [0.1, 0.15) is 31.4 Å². The minimum atomic E-state index is -0.626. The molecule has 0 saturated heterocycles. The molecule has 188 valence electrons. The number of hydrogen-bond donors (Lipinski definition) is 1. The highest BCUT2D eigenvalue weighted by Crippen LogP contribution is 2.27. The van der Waals surface area contributed by atoms with Crippen molar-refractivity contribution >= 4 is 12.1 Å². The monoisotopic (exact) mass is 494 g/mol. The van der Waals surface area contributed by atoms with E-state index in [0.29, 0.717) is 18.0 Å². The van der Waals surface area contributed by atoms with Crippen LogP contribution in [0.4, 0.5) is 4.79 Å². The van der Waals surface area contributed by atoms with Crippen LogP contribution in [0.2, 0.25) is 0 Å². The highest BCUT2D eigenvalue weighted by Gasteiger charge is 2.23. The Bertz CT molecular complexity index is 1280. The Hall–Kier alpha value is -4.41. The van der Waals surface area contributed by atoms with E-state index in [2.05, 4.69) is 31.9 Å². The van der Waals surface area contributed by atoms with Gasteiger partial charge in [0.15, 0.2) is 17.1 Å². The quantitative estimate of drug-likeness (QED) is 0.215. The highest BCUT2D eigenvalue weighted by molar-refractivity contribution is 5.87. The van der Waals surface area contributed by atoms with Crippen molar-refractivity contribution in [2.75, 3.05) is 7.11 Å². The molecule has 4 aromatic rings. The van der Waals surface area contributed by atoms with E-state index < -0.39 is 18.1 Å². The fourth-order valence-electron chi connectivity index (χ4n) is 3.39. The third-order valence-corrected chi connectivity index (χ3v) is 5.26. The summed E-state index contributed by atoms with van der Waals surface area (Å²) in [6.07, 6.45) is 6.85. The summed E-state index contributed by atoms with van der Waals surface area (Å²) in [5.41, 5.74) is 1.50. The van der Waals surface area contributed by atoms with Crippen LogP contribution in [0.1, 0.15) is 60.6 Å². The normalized spacial score (nSPS) is 11.7. The lowest BCUT2D eigenvalue weighted by Crippen LogP contribution is -2.29. The molecule has 0 aliphatic carbocycles. The summed E-state index contributed by atoms with van der Waals surface area (Å²) in [5, 5.41) is 2.84. The van der Waals surface area contributed by atoms with E-state index in [4.69, 9.17) is 18.0 Å². The Morgan fingerprint density at radius 3 is 2.44 bits per heavy atom. The van der Waals surface area contributed by atoms with Gasteiger partial charge in [-0.1, -0.05) is 56.5 Å². The summed E-state index contributed by atoms with van der Waals surface area (Å²) in [6, 6.07) is 8.93. The lowest BCUT2D eigenvalue weighted by atomic mass is 10.1. The number of ether oxygens (including phenoxy) is 2. The van der Waals surface area contributed by atoms with Gasteiger partial charge in [0, 0.05) is 0 Å². The van der Waals surface area contributed by atoms with Crippen molar-refractivity contribution < 1.29 is 32.3 Å². The first-order chi connectivity index (χ1) is 17.6. The van der Waals surface area contributed by atoms with Crippen molar-refractivity contribution in [1.82, 2.24) is 20.3 Å². The molecular weight excluding hydrogens is 468 g/mol. The Kier molecular flexibility index (Phi) is 8.12. The van der Waals surface area contributed by atoms with Gasteiger partial charge in [0.25, 0.3) is 0 Å².